The van der Waals surface area contributed by atoms with E-state index in [1.807, 2.05) is 24.3 Å². The fourth-order valence-corrected chi connectivity index (χ4v) is 4.28. The first-order chi connectivity index (χ1) is 15.0. The molecule has 1 saturated carbocycles. The molecule has 0 radical (unpaired) electrons. The summed E-state index contributed by atoms with van der Waals surface area (Å²) in [6.07, 6.45) is 0.451. The molecular formula is C24H26N2O5. The number of ether oxygens (including phenoxy) is 1. The minimum Gasteiger partial charge on any atom is -0.480 e. The minimum atomic E-state index is -1.04. The first kappa shape index (κ1) is 20.9. The van der Waals surface area contributed by atoms with Crippen LogP contribution in [0.1, 0.15) is 36.8 Å². The molecule has 2 amide bonds. The molecule has 2 aliphatic carbocycles. The molecule has 162 valence electrons. The Kier molecular flexibility index (Phi) is 5.93. The van der Waals surface area contributed by atoms with Crippen LogP contribution in [0.4, 0.5) is 4.79 Å². The minimum absolute atomic E-state index is 0.000373. The average Bonchev–Trinajstić information content (AvgIpc) is 3.49. The number of aliphatic carboxylic acids is 1. The van der Waals surface area contributed by atoms with Crippen molar-refractivity contribution < 1.29 is 24.2 Å². The molecule has 7 heteroatoms. The van der Waals surface area contributed by atoms with Crippen molar-refractivity contribution in [2.75, 3.05) is 13.2 Å². The smallest absolute Gasteiger partial charge is 0.407 e. The van der Waals surface area contributed by atoms with E-state index in [2.05, 4.69) is 34.9 Å². The summed E-state index contributed by atoms with van der Waals surface area (Å²) in [5.41, 5.74) is 4.65. The van der Waals surface area contributed by atoms with Crippen molar-refractivity contribution in [1.82, 2.24) is 10.6 Å². The number of nitrogens with one attached hydrogen (secondary N) is 2. The van der Waals surface area contributed by atoms with E-state index in [0.29, 0.717) is 19.4 Å². The maximum Gasteiger partial charge on any atom is 0.407 e. The molecule has 0 saturated heterocycles. The largest absolute Gasteiger partial charge is 0.480 e. The zero-order chi connectivity index (χ0) is 22.0. The number of fused-ring (bicyclic) bond motifs is 3. The molecule has 0 bridgehead atoms. The van der Waals surface area contributed by atoms with Crippen LogP contribution in [0.2, 0.25) is 0 Å². The summed E-state index contributed by atoms with van der Waals surface area (Å²) >= 11 is 0. The Morgan fingerprint density at radius 1 is 1.06 bits per heavy atom. The summed E-state index contributed by atoms with van der Waals surface area (Å²) in [5, 5.41) is 14.3. The van der Waals surface area contributed by atoms with Gasteiger partial charge in [-0.2, -0.15) is 0 Å². The Bertz CT molecular complexity index is 959. The number of amides is 2. The molecule has 31 heavy (non-hydrogen) atoms. The third-order valence-corrected chi connectivity index (χ3v) is 6.13. The van der Waals surface area contributed by atoms with Crippen LogP contribution >= 0.6 is 0 Å². The van der Waals surface area contributed by atoms with Crippen molar-refractivity contribution in [1.29, 1.82) is 0 Å². The number of carboxylic acids is 1. The lowest BCUT2D eigenvalue weighted by Gasteiger charge is -2.15. The Hall–Kier alpha value is -3.35. The van der Waals surface area contributed by atoms with Gasteiger partial charge in [0.25, 0.3) is 0 Å². The molecule has 0 aromatic heterocycles. The summed E-state index contributed by atoms with van der Waals surface area (Å²) in [5.74, 6) is -1.56. The predicted molar refractivity (Wildman–Crippen MR) is 115 cm³/mol. The molecule has 3 N–H and O–H groups in total. The van der Waals surface area contributed by atoms with Gasteiger partial charge in [-0.25, -0.2) is 9.59 Å². The van der Waals surface area contributed by atoms with Crippen LogP contribution in [0.3, 0.4) is 0 Å². The topological polar surface area (TPSA) is 105 Å². The second-order valence-electron chi connectivity index (χ2n) is 8.12. The summed E-state index contributed by atoms with van der Waals surface area (Å²) in [6, 6.07) is 15.4. The Balaban J connectivity index is 1.26. The molecule has 2 aromatic rings. The van der Waals surface area contributed by atoms with Gasteiger partial charge in [-0.1, -0.05) is 55.5 Å². The number of hydrogen-bond donors (Lipinski definition) is 3. The number of carbonyl (C=O) groups excluding carboxylic acids is 2. The zero-order valence-corrected chi connectivity index (χ0v) is 17.3. The van der Waals surface area contributed by atoms with Crippen LogP contribution in [0.15, 0.2) is 48.5 Å². The van der Waals surface area contributed by atoms with E-state index >= 15 is 0 Å². The van der Waals surface area contributed by atoms with Gasteiger partial charge < -0.3 is 20.5 Å². The van der Waals surface area contributed by atoms with Gasteiger partial charge in [0.2, 0.25) is 5.91 Å². The van der Waals surface area contributed by atoms with Gasteiger partial charge in [-0.05, 0) is 41.0 Å². The average molecular weight is 422 g/mol. The van der Waals surface area contributed by atoms with Gasteiger partial charge in [0, 0.05) is 18.4 Å². The monoisotopic (exact) mass is 422 g/mol. The molecule has 7 nitrogen and oxygen atoms in total. The molecule has 2 aromatic carbocycles. The third kappa shape index (κ3) is 4.40. The summed E-state index contributed by atoms with van der Waals surface area (Å²) < 4.78 is 5.50. The van der Waals surface area contributed by atoms with Gasteiger partial charge in [-0.15, -0.1) is 0 Å². The lowest BCUT2D eigenvalue weighted by molar-refractivity contribution is -0.142. The summed E-state index contributed by atoms with van der Waals surface area (Å²) in [4.78, 5) is 35.4. The number of benzene rings is 2. The van der Waals surface area contributed by atoms with E-state index in [9.17, 15) is 14.4 Å². The van der Waals surface area contributed by atoms with Gasteiger partial charge in [0.15, 0.2) is 0 Å². The fourth-order valence-electron chi connectivity index (χ4n) is 4.28. The van der Waals surface area contributed by atoms with Crippen molar-refractivity contribution in [3.63, 3.8) is 0 Å². The van der Waals surface area contributed by atoms with Crippen molar-refractivity contribution in [3.8, 4) is 11.1 Å². The fraction of sp³-hybridized carbons (Fsp3) is 0.375. The molecule has 1 fully saturated rings. The summed E-state index contributed by atoms with van der Waals surface area (Å²) in [6.45, 7) is 2.28. The normalized spacial score (nSPS) is 19.6. The van der Waals surface area contributed by atoms with Gasteiger partial charge in [-0.3, -0.25) is 4.79 Å². The lowest BCUT2D eigenvalue weighted by atomic mass is 9.98. The highest BCUT2D eigenvalue weighted by Crippen LogP contribution is 2.44. The van der Waals surface area contributed by atoms with E-state index < -0.39 is 18.1 Å². The number of carboxylic acid groups (broad SMARTS) is 1. The van der Waals surface area contributed by atoms with Crippen molar-refractivity contribution in [3.05, 3.63) is 59.7 Å². The Morgan fingerprint density at radius 3 is 2.26 bits per heavy atom. The van der Waals surface area contributed by atoms with E-state index in [1.165, 1.54) is 11.1 Å². The van der Waals surface area contributed by atoms with E-state index in [0.717, 1.165) is 11.1 Å². The zero-order valence-electron chi connectivity index (χ0n) is 17.3. The molecule has 0 spiro atoms. The maximum atomic E-state index is 12.2. The number of alkyl carbamates (subject to hydrolysis) is 1. The Labute approximate surface area is 180 Å². The molecular weight excluding hydrogens is 396 g/mol. The Morgan fingerprint density at radius 2 is 1.68 bits per heavy atom. The van der Waals surface area contributed by atoms with Crippen LogP contribution in [0.5, 0.6) is 0 Å². The summed E-state index contributed by atoms with van der Waals surface area (Å²) in [7, 11) is 0. The molecule has 0 aliphatic heterocycles. The van der Waals surface area contributed by atoms with Crippen LogP contribution < -0.4 is 10.6 Å². The van der Waals surface area contributed by atoms with Gasteiger partial charge in [0.05, 0.1) is 0 Å². The third-order valence-electron chi connectivity index (χ3n) is 6.13. The van der Waals surface area contributed by atoms with Crippen molar-refractivity contribution in [2.24, 2.45) is 11.8 Å². The predicted octanol–water partition coefficient (Wildman–Crippen LogP) is 3.14. The lowest BCUT2D eigenvalue weighted by Crippen LogP contribution is -2.41. The van der Waals surface area contributed by atoms with Crippen molar-refractivity contribution in [2.45, 2.75) is 31.7 Å². The highest BCUT2D eigenvalue weighted by atomic mass is 16.5. The number of hydrogen-bond acceptors (Lipinski definition) is 4. The van der Waals surface area contributed by atoms with Crippen LogP contribution in [0.25, 0.3) is 11.1 Å². The molecule has 3 atom stereocenters. The van der Waals surface area contributed by atoms with E-state index in [4.69, 9.17) is 9.84 Å². The second kappa shape index (κ2) is 8.79. The van der Waals surface area contributed by atoms with Crippen LogP contribution in [0, 0.1) is 11.8 Å². The quantitative estimate of drug-likeness (QED) is 0.606. The first-order valence-corrected chi connectivity index (χ1v) is 10.6. The second-order valence-corrected chi connectivity index (χ2v) is 8.12. The van der Waals surface area contributed by atoms with E-state index in [1.54, 1.807) is 6.92 Å². The van der Waals surface area contributed by atoms with Crippen molar-refractivity contribution >= 4 is 18.0 Å². The van der Waals surface area contributed by atoms with Gasteiger partial charge >= 0.3 is 12.1 Å². The van der Waals surface area contributed by atoms with Gasteiger partial charge in [0.1, 0.15) is 12.6 Å². The molecule has 4 rings (SSSR count). The molecule has 3 unspecified atom stereocenters. The molecule has 2 aliphatic rings. The SMILES string of the molecule is CCC(NC(=O)C1CC1CNC(=O)OCC1c2ccccc2-c2ccccc21)C(=O)O. The first-order valence-electron chi connectivity index (χ1n) is 10.6. The number of carbonyl (C=O) groups is 3. The van der Waals surface area contributed by atoms with Crippen LogP contribution in [-0.2, 0) is 14.3 Å². The van der Waals surface area contributed by atoms with Crippen LogP contribution in [-0.4, -0.2) is 42.3 Å². The standard InChI is InChI=1S/C24H26N2O5/c1-2-21(23(28)29)26-22(27)19-11-14(19)12-25-24(30)31-13-20-17-9-5-3-7-15(17)16-8-4-6-10-18(16)20/h3-10,14,19-21H,2,11-13H2,1H3,(H,25,30)(H,26,27)(H,28,29). The highest BCUT2D eigenvalue weighted by Gasteiger charge is 2.43. The molecule has 0 heterocycles. The maximum absolute atomic E-state index is 12.2. The number of rotatable bonds is 8. The highest BCUT2D eigenvalue weighted by molar-refractivity contribution is 5.86. The van der Waals surface area contributed by atoms with E-state index in [-0.39, 0.29) is 30.3 Å².